The van der Waals surface area contributed by atoms with Gasteiger partial charge in [-0.1, -0.05) is 142 Å². The Balaban J connectivity index is 2.56. The SMILES string of the molecule is CCCCCCCC/C=C/CCCC[C@@H](O)[C@@H](O)[C@H](CO[C@@H]1O[C@H](CO)[C@@H](O)[C@H](O)[C@H]1O)NC(=O)[C@H](O)CCCCCCCCCCCCCC. The monoisotopic (exact) mass is 732 g/mol. The highest BCUT2D eigenvalue weighted by Gasteiger charge is 2.44. The topological polar surface area (TPSA) is 189 Å². The number of aliphatic hydroxyl groups excluding tert-OH is 7. The average molecular weight is 732 g/mol. The van der Waals surface area contributed by atoms with E-state index in [1.807, 2.05) is 0 Å². The van der Waals surface area contributed by atoms with Crippen LogP contribution in [0.3, 0.4) is 0 Å². The van der Waals surface area contributed by atoms with Gasteiger partial charge in [0.15, 0.2) is 6.29 Å². The lowest BCUT2D eigenvalue weighted by molar-refractivity contribution is -0.303. The molecule has 9 atom stereocenters. The van der Waals surface area contributed by atoms with Gasteiger partial charge in [-0.3, -0.25) is 4.79 Å². The van der Waals surface area contributed by atoms with Gasteiger partial charge in [-0.2, -0.15) is 0 Å². The number of amides is 1. The zero-order valence-electron chi connectivity index (χ0n) is 32.1. The van der Waals surface area contributed by atoms with Crippen molar-refractivity contribution in [2.45, 2.75) is 223 Å². The molecule has 0 aliphatic carbocycles. The summed E-state index contributed by atoms with van der Waals surface area (Å²) in [4.78, 5) is 13.0. The predicted octanol–water partition coefficient (Wildman–Crippen LogP) is 5.33. The number of rotatable bonds is 33. The summed E-state index contributed by atoms with van der Waals surface area (Å²) in [6, 6.07) is -1.17. The summed E-state index contributed by atoms with van der Waals surface area (Å²) in [6.45, 7) is 3.38. The standard InChI is InChI=1S/C40H77NO10/c1-3-5-7-9-11-13-15-17-19-21-23-25-27-32(43)35(45)31(30-50-40-38(48)37(47)36(46)34(29-42)51-40)41-39(49)33(44)28-26-24-22-20-18-16-14-12-10-8-6-4-2/h17,19,31-38,40,42-48H,3-16,18,20-30H2,1-2H3,(H,41,49)/b19-17+/t31-,32+,33+,34+,35-,36+,37-,38+,40+/m0/s1. The molecule has 1 amide bonds. The molecule has 302 valence electrons. The zero-order valence-corrected chi connectivity index (χ0v) is 32.1. The van der Waals surface area contributed by atoms with E-state index >= 15 is 0 Å². The fourth-order valence-electron chi connectivity index (χ4n) is 6.55. The summed E-state index contributed by atoms with van der Waals surface area (Å²) in [6.07, 6.45) is 18.4. The van der Waals surface area contributed by atoms with Crippen molar-refractivity contribution in [3.8, 4) is 0 Å². The number of carbonyl (C=O) groups is 1. The first-order chi connectivity index (χ1) is 24.7. The van der Waals surface area contributed by atoms with E-state index in [1.54, 1.807) is 0 Å². The van der Waals surface area contributed by atoms with Gasteiger partial charge < -0.3 is 50.5 Å². The van der Waals surface area contributed by atoms with Crippen molar-refractivity contribution in [3.05, 3.63) is 12.2 Å². The zero-order chi connectivity index (χ0) is 37.7. The van der Waals surface area contributed by atoms with Crippen LogP contribution in [0.15, 0.2) is 12.2 Å². The number of hydrogen-bond donors (Lipinski definition) is 8. The Morgan fingerprint density at radius 1 is 0.667 bits per heavy atom. The molecule has 11 heteroatoms. The molecule has 0 unspecified atom stereocenters. The minimum atomic E-state index is -1.66. The molecule has 1 rings (SSSR count). The van der Waals surface area contributed by atoms with E-state index in [-0.39, 0.29) is 12.8 Å². The van der Waals surface area contributed by atoms with E-state index in [4.69, 9.17) is 9.47 Å². The van der Waals surface area contributed by atoms with Crippen molar-refractivity contribution in [2.75, 3.05) is 13.2 Å². The number of ether oxygens (including phenoxy) is 2. The van der Waals surface area contributed by atoms with Gasteiger partial charge in [-0.05, 0) is 38.5 Å². The Morgan fingerprint density at radius 2 is 1.14 bits per heavy atom. The second-order valence-electron chi connectivity index (χ2n) is 14.7. The predicted molar refractivity (Wildman–Crippen MR) is 201 cm³/mol. The average Bonchev–Trinajstić information content (AvgIpc) is 3.13. The van der Waals surface area contributed by atoms with Crippen LogP contribution in [0, 0.1) is 0 Å². The van der Waals surface area contributed by atoms with Gasteiger partial charge in [-0.15, -0.1) is 0 Å². The summed E-state index contributed by atoms with van der Waals surface area (Å²) in [5, 5.41) is 75.2. The van der Waals surface area contributed by atoms with Crippen LogP contribution in [0.5, 0.6) is 0 Å². The smallest absolute Gasteiger partial charge is 0.249 e. The quantitative estimate of drug-likeness (QED) is 0.0324. The summed E-state index contributed by atoms with van der Waals surface area (Å²) >= 11 is 0. The van der Waals surface area contributed by atoms with Crippen LogP contribution in [0.1, 0.15) is 168 Å². The van der Waals surface area contributed by atoms with Crippen molar-refractivity contribution in [3.63, 3.8) is 0 Å². The highest BCUT2D eigenvalue weighted by molar-refractivity contribution is 5.80. The molecule has 0 aromatic rings. The van der Waals surface area contributed by atoms with Crippen molar-refractivity contribution in [1.29, 1.82) is 0 Å². The molecule has 11 nitrogen and oxygen atoms in total. The number of aliphatic hydroxyl groups is 7. The Kier molecular flexibility index (Phi) is 29.3. The summed E-state index contributed by atoms with van der Waals surface area (Å²) in [7, 11) is 0. The molecule has 1 heterocycles. The number of unbranched alkanes of at least 4 members (excludes halogenated alkanes) is 19. The van der Waals surface area contributed by atoms with Gasteiger partial charge in [-0.25, -0.2) is 0 Å². The Labute approximate surface area is 309 Å². The van der Waals surface area contributed by atoms with Crippen molar-refractivity contribution in [1.82, 2.24) is 5.32 Å². The minimum Gasteiger partial charge on any atom is -0.394 e. The Morgan fingerprint density at radius 3 is 1.67 bits per heavy atom. The molecule has 1 fully saturated rings. The maximum atomic E-state index is 13.0. The first kappa shape index (κ1) is 47.9. The van der Waals surface area contributed by atoms with Crippen molar-refractivity contribution >= 4 is 5.91 Å². The third kappa shape index (κ3) is 22.0. The third-order valence-electron chi connectivity index (χ3n) is 10.1. The fourth-order valence-corrected chi connectivity index (χ4v) is 6.55. The molecule has 1 saturated heterocycles. The molecular formula is C40H77NO10. The number of allylic oxidation sites excluding steroid dienone is 2. The number of carbonyl (C=O) groups excluding carboxylic acids is 1. The van der Waals surface area contributed by atoms with Crippen LogP contribution < -0.4 is 5.32 Å². The van der Waals surface area contributed by atoms with Crippen molar-refractivity contribution in [2.24, 2.45) is 0 Å². The second kappa shape index (κ2) is 31.2. The van der Waals surface area contributed by atoms with Crippen LogP contribution in [0.2, 0.25) is 0 Å². The normalized spacial score (nSPS) is 23.4. The Hall–Kier alpha value is -1.15. The molecular weight excluding hydrogens is 654 g/mol. The molecule has 0 aromatic carbocycles. The van der Waals surface area contributed by atoms with E-state index in [9.17, 15) is 40.5 Å². The van der Waals surface area contributed by atoms with E-state index in [1.165, 1.54) is 89.9 Å². The molecule has 1 aliphatic rings. The number of hydrogen-bond acceptors (Lipinski definition) is 10. The molecule has 0 radical (unpaired) electrons. The third-order valence-corrected chi connectivity index (χ3v) is 10.1. The summed E-state index contributed by atoms with van der Waals surface area (Å²) in [5.41, 5.74) is 0. The van der Waals surface area contributed by atoms with Gasteiger partial charge in [0.2, 0.25) is 5.91 Å². The van der Waals surface area contributed by atoms with E-state index < -0.39 is 74.2 Å². The second-order valence-corrected chi connectivity index (χ2v) is 14.7. The summed E-state index contributed by atoms with van der Waals surface area (Å²) in [5.74, 6) is -0.706. The van der Waals surface area contributed by atoms with E-state index in [0.29, 0.717) is 12.8 Å². The Bertz CT molecular complexity index is 846. The van der Waals surface area contributed by atoms with Gasteiger partial charge in [0.25, 0.3) is 0 Å². The highest BCUT2D eigenvalue weighted by atomic mass is 16.7. The van der Waals surface area contributed by atoms with E-state index in [0.717, 1.165) is 38.5 Å². The van der Waals surface area contributed by atoms with E-state index in [2.05, 4.69) is 31.3 Å². The summed E-state index contributed by atoms with van der Waals surface area (Å²) < 4.78 is 11.0. The van der Waals surface area contributed by atoms with Gasteiger partial charge in [0, 0.05) is 0 Å². The maximum Gasteiger partial charge on any atom is 0.249 e. The lowest BCUT2D eigenvalue weighted by Gasteiger charge is -2.40. The largest absolute Gasteiger partial charge is 0.394 e. The molecule has 1 aliphatic heterocycles. The molecule has 51 heavy (non-hydrogen) atoms. The van der Waals surface area contributed by atoms with Crippen LogP contribution in [0.25, 0.3) is 0 Å². The molecule has 0 spiro atoms. The lowest BCUT2D eigenvalue weighted by Crippen LogP contribution is -2.60. The number of nitrogens with one attached hydrogen (secondary N) is 1. The maximum absolute atomic E-state index is 13.0. The molecule has 8 N–H and O–H groups in total. The molecule has 0 bridgehead atoms. The van der Waals surface area contributed by atoms with Crippen LogP contribution in [-0.4, -0.2) is 110 Å². The van der Waals surface area contributed by atoms with Crippen LogP contribution >= 0.6 is 0 Å². The molecule has 0 saturated carbocycles. The lowest BCUT2D eigenvalue weighted by atomic mass is 9.98. The van der Waals surface area contributed by atoms with Crippen molar-refractivity contribution < 1.29 is 50.0 Å². The van der Waals surface area contributed by atoms with Crippen LogP contribution in [0.4, 0.5) is 0 Å². The van der Waals surface area contributed by atoms with Crippen LogP contribution in [-0.2, 0) is 14.3 Å². The van der Waals surface area contributed by atoms with Gasteiger partial charge in [0.05, 0.1) is 25.4 Å². The van der Waals surface area contributed by atoms with Gasteiger partial charge in [0.1, 0.15) is 36.6 Å². The first-order valence-corrected chi connectivity index (χ1v) is 20.6. The van der Waals surface area contributed by atoms with Gasteiger partial charge >= 0.3 is 0 Å². The minimum absolute atomic E-state index is 0.259. The molecule has 0 aromatic heterocycles. The highest BCUT2D eigenvalue weighted by Crippen LogP contribution is 2.23. The fraction of sp³-hybridized carbons (Fsp3) is 0.925. The first-order valence-electron chi connectivity index (χ1n) is 20.6.